The highest BCUT2D eigenvalue weighted by molar-refractivity contribution is 7.80. The second kappa shape index (κ2) is 6.40. The van der Waals surface area contributed by atoms with Crippen molar-refractivity contribution in [3.63, 3.8) is 0 Å². The number of aromatic hydroxyl groups is 1. The molecule has 0 aliphatic carbocycles. The van der Waals surface area contributed by atoms with Gasteiger partial charge in [-0.05, 0) is 47.6 Å². The van der Waals surface area contributed by atoms with Crippen LogP contribution in [0.1, 0.15) is 11.1 Å². The Balaban J connectivity index is 1.84. The van der Waals surface area contributed by atoms with Gasteiger partial charge in [0.05, 0.1) is 6.54 Å². The molecule has 6 heteroatoms. The summed E-state index contributed by atoms with van der Waals surface area (Å²) >= 11 is 11.4. The van der Waals surface area contributed by atoms with Crippen molar-refractivity contribution in [3.05, 3.63) is 70.4 Å². The number of carbonyl (C=O) groups is 1. The second-order valence-corrected chi connectivity index (χ2v) is 5.86. The van der Waals surface area contributed by atoms with Gasteiger partial charge in [-0.2, -0.15) is 0 Å². The zero-order valence-electron chi connectivity index (χ0n) is 12.0. The van der Waals surface area contributed by atoms with E-state index in [2.05, 4.69) is 5.32 Å². The van der Waals surface area contributed by atoms with Crippen LogP contribution in [0.15, 0.2) is 54.2 Å². The van der Waals surface area contributed by atoms with Gasteiger partial charge in [0.25, 0.3) is 5.91 Å². The summed E-state index contributed by atoms with van der Waals surface area (Å²) in [6, 6.07) is 14.0. The molecule has 0 aromatic heterocycles. The third kappa shape index (κ3) is 3.36. The van der Waals surface area contributed by atoms with Crippen LogP contribution in [0.4, 0.5) is 0 Å². The van der Waals surface area contributed by atoms with Crippen LogP contribution in [-0.4, -0.2) is 21.0 Å². The Morgan fingerprint density at radius 2 is 2.00 bits per heavy atom. The third-order valence-electron chi connectivity index (χ3n) is 3.43. The maximum absolute atomic E-state index is 12.5. The normalized spacial score (nSPS) is 16.0. The van der Waals surface area contributed by atoms with Crippen molar-refractivity contribution in [1.82, 2.24) is 10.2 Å². The van der Waals surface area contributed by atoms with Crippen molar-refractivity contribution >= 4 is 40.9 Å². The number of nitrogens with zero attached hydrogens (tertiary/aromatic N) is 1. The molecule has 1 saturated heterocycles. The van der Waals surface area contributed by atoms with Crippen LogP contribution in [0, 0.1) is 0 Å². The predicted octanol–water partition coefficient (Wildman–Crippen LogP) is 3.30. The Morgan fingerprint density at radius 1 is 1.22 bits per heavy atom. The highest BCUT2D eigenvalue weighted by Gasteiger charge is 2.30. The molecule has 1 amide bonds. The van der Waals surface area contributed by atoms with E-state index in [1.807, 2.05) is 18.2 Å². The molecule has 0 atom stereocenters. The smallest absolute Gasteiger partial charge is 0.276 e. The number of carbonyl (C=O) groups excluding carboxylic acids is 1. The van der Waals surface area contributed by atoms with Crippen LogP contribution in [0.3, 0.4) is 0 Å². The minimum absolute atomic E-state index is 0.139. The monoisotopic (exact) mass is 344 g/mol. The summed E-state index contributed by atoms with van der Waals surface area (Å²) in [6.07, 6.45) is 1.65. The van der Waals surface area contributed by atoms with Gasteiger partial charge >= 0.3 is 0 Å². The van der Waals surface area contributed by atoms with Gasteiger partial charge in [-0.1, -0.05) is 41.9 Å². The lowest BCUT2D eigenvalue weighted by Crippen LogP contribution is -2.30. The Morgan fingerprint density at radius 3 is 2.74 bits per heavy atom. The van der Waals surface area contributed by atoms with E-state index < -0.39 is 0 Å². The van der Waals surface area contributed by atoms with Crippen LogP contribution < -0.4 is 5.32 Å². The summed E-state index contributed by atoms with van der Waals surface area (Å²) in [7, 11) is 0. The maximum atomic E-state index is 12.5. The Kier molecular flexibility index (Phi) is 4.32. The molecule has 2 aromatic carbocycles. The fraction of sp³-hybridized carbons (Fsp3) is 0.0588. The number of phenolic OH excluding ortho intramolecular Hbond substituents is 1. The van der Waals surface area contributed by atoms with Crippen molar-refractivity contribution in [3.8, 4) is 5.75 Å². The molecule has 1 fully saturated rings. The SMILES string of the molecule is O=C1C(=Cc2cccc(O)c2)NC(=S)N1Cc1ccccc1Cl. The van der Waals surface area contributed by atoms with E-state index in [-0.39, 0.29) is 11.7 Å². The molecular weight excluding hydrogens is 332 g/mol. The van der Waals surface area contributed by atoms with Gasteiger partial charge in [-0.25, -0.2) is 0 Å². The van der Waals surface area contributed by atoms with E-state index >= 15 is 0 Å². The van der Waals surface area contributed by atoms with E-state index in [9.17, 15) is 9.90 Å². The van der Waals surface area contributed by atoms with Gasteiger partial charge in [0.2, 0.25) is 0 Å². The predicted molar refractivity (Wildman–Crippen MR) is 93.8 cm³/mol. The molecule has 3 rings (SSSR count). The number of hydrogen-bond acceptors (Lipinski definition) is 3. The number of amides is 1. The molecule has 0 unspecified atom stereocenters. The first-order chi connectivity index (χ1) is 11.0. The topological polar surface area (TPSA) is 52.6 Å². The summed E-state index contributed by atoms with van der Waals surface area (Å²) in [4.78, 5) is 14.0. The maximum Gasteiger partial charge on any atom is 0.276 e. The quantitative estimate of drug-likeness (QED) is 0.662. The van der Waals surface area contributed by atoms with E-state index in [0.717, 1.165) is 5.56 Å². The van der Waals surface area contributed by atoms with Crippen molar-refractivity contribution in [2.75, 3.05) is 0 Å². The average Bonchev–Trinajstić information content (AvgIpc) is 2.77. The first-order valence-electron chi connectivity index (χ1n) is 6.91. The third-order valence-corrected chi connectivity index (χ3v) is 4.12. The molecular formula is C17H13ClN2O2S. The van der Waals surface area contributed by atoms with Crippen molar-refractivity contribution < 1.29 is 9.90 Å². The molecule has 116 valence electrons. The van der Waals surface area contributed by atoms with Gasteiger partial charge in [0, 0.05) is 5.02 Å². The molecule has 0 spiro atoms. The second-order valence-electron chi connectivity index (χ2n) is 5.07. The fourth-order valence-corrected chi connectivity index (χ4v) is 2.75. The number of thiocarbonyl (C=S) groups is 1. The summed E-state index contributed by atoms with van der Waals surface area (Å²) in [5.41, 5.74) is 1.90. The zero-order chi connectivity index (χ0) is 16.4. The lowest BCUT2D eigenvalue weighted by molar-refractivity contribution is -0.122. The van der Waals surface area contributed by atoms with Crippen LogP contribution in [0.5, 0.6) is 5.75 Å². The first kappa shape index (κ1) is 15.5. The van der Waals surface area contributed by atoms with E-state index in [1.165, 1.54) is 4.90 Å². The van der Waals surface area contributed by atoms with Crippen LogP contribution >= 0.6 is 23.8 Å². The molecule has 4 nitrogen and oxygen atoms in total. The Bertz CT molecular complexity index is 820. The van der Waals surface area contributed by atoms with Gasteiger partial charge in [-0.3, -0.25) is 9.69 Å². The Labute approximate surface area is 144 Å². The van der Waals surface area contributed by atoms with Crippen LogP contribution in [-0.2, 0) is 11.3 Å². The van der Waals surface area contributed by atoms with Gasteiger partial charge < -0.3 is 10.4 Å². The number of benzene rings is 2. The lowest BCUT2D eigenvalue weighted by atomic mass is 10.1. The highest BCUT2D eigenvalue weighted by Crippen LogP contribution is 2.22. The Hall–Kier alpha value is -2.37. The number of nitrogens with one attached hydrogen (secondary N) is 1. The molecule has 2 N–H and O–H groups in total. The first-order valence-corrected chi connectivity index (χ1v) is 7.70. The minimum Gasteiger partial charge on any atom is -0.508 e. The number of halogens is 1. The van der Waals surface area contributed by atoms with Crippen molar-refractivity contribution in [2.45, 2.75) is 6.54 Å². The van der Waals surface area contributed by atoms with Gasteiger partial charge in [-0.15, -0.1) is 0 Å². The van der Waals surface area contributed by atoms with E-state index in [0.29, 0.717) is 27.9 Å². The molecule has 1 aliphatic rings. The van der Waals surface area contributed by atoms with Crippen LogP contribution in [0.2, 0.25) is 5.02 Å². The summed E-state index contributed by atoms with van der Waals surface area (Å²) in [6.45, 7) is 0.307. The fourth-order valence-electron chi connectivity index (χ4n) is 2.29. The summed E-state index contributed by atoms with van der Waals surface area (Å²) in [5.74, 6) is -0.0847. The number of rotatable bonds is 3. The molecule has 0 bridgehead atoms. The molecule has 0 saturated carbocycles. The van der Waals surface area contributed by atoms with E-state index in [4.69, 9.17) is 23.8 Å². The number of hydrogen-bond donors (Lipinski definition) is 2. The molecule has 1 heterocycles. The minimum atomic E-state index is -0.224. The van der Waals surface area contributed by atoms with E-state index in [1.54, 1.807) is 36.4 Å². The van der Waals surface area contributed by atoms with Gasteiger partial charge in [0.15, 0.2) is 5.11 Å². The molecule has 2 aromatic rings. The summed E-state index contributed by atoms with van der Waals surface area (Å²) in [5, 5.41) is 13.3. The summed E-state index contributed by atoms with van der Waals surface area (Å²) < 4.78 is 0. The standard InChI is InChI=1S/C17H13ClN2O2S/c18-14-7-2-1-5-12(14)10-20-16(22)15(19-17(20)23)9-11-4-3-6-13(21)8-11/h1-9,21H,10H2,(H,19,23). The largest absolute Gasteiger partial charge is 0.508 e. The zero-order valence-corrected chi connectivity index (χ0v) is 13.6. The lowest BCUT2D eigenvalue weighted by Gasteiger charge is -2.14. The molecule has 0 radical (unpaired) electrons. The molecule has 23 heavy (non-hydrogen) atoms. The van der Waals surface area contributed by atoms with Crippen molar-refractivity contribution in [2.24, 2.45) is 0 Å². The van der Waals surface area contributed by atoms with Crippen molar-refractivity contribution in [1.29, 1.82) is 0 Å². The van der Waals surface area contributed by atoms with Gasteiger partial charge in [0.1, 0.15) is 11.4 Å². The average molecular weight is 345 g/mol. The van der Waals surface area contributed by atoms with Crippen LogP contribution in [0.25, 0.3) is 6.08 Å². The molecule has 1 aliphatic heterocycles. The highest BCUT2D eigenvalue weighted by atomic mass is 35.5. The number of phenols is 1.